The molecule has 0 bridgehead atoms. The normalized spacial score (nSPS) is 16.6. The number of ketones is 1. The standard InChI is InChI=1S/C20H22BrNO3S/c1-14-3-5-16(6-4-14)20(23)17-9-11-22(12-10-17)26(24,25)18-7-8-19(21)15(2)13-18/h3-8,13,17H,9-12H2,1-2H3. The van der Waals surface area contributed by atoms with Crippen molar-refractivity contribution in [3.05, 3.63) is 63.6 Å². The fourth-order valence-electron chi connectivity index (χ4n) is 3.24. The number of halogens is 1. The molecule has 0 amide bonds. The number of rotatable bonds is 4. The first-order valence-electron chi connectivity index (χ1n) is 8.66. The molecule has 1 saturated heterocycles. The first kappa shape index (κ1) is 19.3. The number of hydrogen-bond acceptors (Lipinski definition) is 3. The summed E-state index contributed by atoms with van der Waals surface area (Å²) in [5, 5.41) is 0. The Morgan fingerprint density at radius 2 is 1.65 bits per heavy atom. The van der Waals surface area contributed by atoms with Crippen molar-refractivity contribution < 1.29 is 13.2 Å². The van der Waals surface area contributed by atoms with E-state index >= 15 is 0 Å². The monoisotopic (exact) mass is 435 g/mol. The van der Waals surface area contributed by atoms with Crippen LogP contribution in [0.2, 0.25) is 0 Å². The molecule has 3 rings (SSSR count). The molecule has 1 heterocycles. The molecule has 1 aliphatic rings. The molecule has 0 atom stereocenters. The molecule has 0 unspecified atom stereocenters. The lowest BCUT2D eigenvalue weighted by molar-refractivity contribution is 0.0875. The zero-order valence-electron chi connectivity index (χ0n) is 14.9. The van der Waals surface area contributed by atoms with Crippen molar-refractivity contribution in [1.29, 1.82) is 0 Å². The lowest BCUT2D eigenvalue weighted by atomic mass is 9.89. The zero-order valence-corrected chi connectivity index (χ0v) is 17.3. The van der Waals surface area contributed by atoms with Crippen LogP contribution in [0.5, 0.6) is 0 Å². The fraction of sp³-hybridized carbons (Fsp3) is 0.350. The Kier molecular flexibility index (Phi) is 5.65. The van der Waals surface area contributed by atoms with E-state index in [-0.39, 0.29) is 11.7 Å². The largest absolute Gasteiger partial charge is 0.294 e. The highest BCUT2D eigenvalue weighted by Gasteiger charge is 2.32. The molecule has 4 nitrogen and oxygen atoms in total. The van der Waals surface area contributed by atoms with Gasteiger partial charge < -0.3 is 0 Å². The Balaban J connectivity index is 1.70. The maximum Gasteiger partial charge on any atom is 0.243 e. The molecule has 138 valence electrons. The molecule has 2 aromatic carbocycles. The minimum atomic E-state index is -3.52. The highest BCUT2D eigenvalue weighted by molar-refractivity contribution is 9.10. The van der Waals surface area contributed by atoms with Crippen LogP contribution < -0.4 is 0 Å². The zero-order chi connectivity index (χ0) is 18.9. The number of hydrogen-bond donors (Lipinski definition) is 0. The molecule has 0 aromatic heterocycles. The molecule has 0 saturated carbocycles. The summed E-state index contributed by atoms with van der Waals surface area (Å²) >= 11 is 3.40. The van der Waals surface area contributed by atoms with E-state index in [0.717, 1.165) is 15.6 Å². The second kappa shape index (κ2) is 7.62. The minimum Gasteiger partial charge on any atom is -0.294 e. The van der Waals surface area contributed by atoms with Gasteiger partial charge in [0.1, 0.15) is 0 Å². The Morgan fingerprint density at radius 1 is 1.04 bits per heavy atom. The fourth-order valence-corrected chi connectivity index (χ4v) is 5.04. The number of nitrogens with zero attached hydrogens (tertiary/aromatic N) is 1. The van der Waals surface area contributed by atoms with Crippen LogP contribution in [-0.2, 0) is 10.0 Å². The summed E-state index contributed by atoms with van der Waals surface area (Å²) in [5.41, 5.74) is 2.71. The van der Waals surface area contributed by atoms with E-state index in [0.29, 0.717) is 36.4 Å². The van der Waals surface area contributed by atoms with Crippen molar-refractivity contribution >= 4 is 31.7 Å². The predicted molar refractivity (Wildman–Crippen MR) is 106 cm³/mol. The summed E-state index contributed by atoms with van der Waals surface area (Å²) in [6, 6.07) is 12.6. The molecule has 0 aliphatic carbocycles. The minimum absolute atomic E-state index is 0.113. The van der Waals surface area contributed by atoms with E-state index in [2.05, 4.69) is 15.9 Å². The molecule has 2 aromatic rings. The van der Waals surface area contributed by atoms with Crippen LogP contribution in [-0.4, -0.2) is 31.6 Å². The van der Waals surface area contributed by atoms with Gasteiger partial charge in [-0.25, -0.2) is 8.42 Å². The van der Waals surface area contributed by atoms with Crippen molar-refractivity contribution in [1.82, 2.24) is 4.31 Å². The molecule has 0 radical (unpaired) electrons. The average molecular weight is 436 g/mol. The van der Waals surface area contributed by atoms with E-state index in [9.17, 15) is 13.2 Å². The van der Waals surface area contributed by atoms with Gasteiger partial charge in [0.05, 0.1) is 4.90 Å². The summed E-state index contributed by atoms with van der Waals surface area (Å²) in [5.74, 6) is -0.00246. The third-order valence-corrected chi connectivity index (χ3v) is 7.71. The molecule has 0 N–H and O–H groups in total. The van der Waals surface area contributed by atoms with Gasteiger partial charge in [-0.1, -0.05) is 45.8 Å². The van der Waals surface area contributed by atoms with Gasteiger partial charge >= 0.3 is 0 Å². The molecule has 6 heteroatoms. The second-order valence-corrected chi connectivity index (χ2v) is 9.61. The van der Waals surface area contributed by atoms with Gasteiger partial charge in [-0.15, -0.1) is 0 Å². The van der Waals surface area contributed by atoms with Crippen LogP contribution in [0, 0.1) is 19.8 Å². The molecule has 0 spiro atoms. The number of piperidine rings is 1. The van der Waals surface area contributed by atoms with Crippen molar-refractivity contribution in [2.75, 3.05) is 13.1 Å². The van der Waals surface area contributed by atoms with Crippen LogP contribution in [0.3, 0.4) is 0 Å². The van der Waals surface area contributed by atoms with Gasteiger partial charge in [0.2, 0.25) is 10.0 Å². The number of aryl methyl sites for hydroxylation is 2. The van der Waals surface area contributed by atoms with Crippen LogP contribution >= 0.6 is 15.9 Å². The first-order chi connectivity index (χ1) is 12.3. The number of sulfonamides is 1. The summed E-state index contributed by atoms with van der Waals surface area (Å²) in [4.78, 5) is 13.0. The smallest absolute Gasteiger partial charge is 0.243 e. The molecular formula is C20H22BrNO3S. The van der Waals surface area contributed by atoms with E-state index in [1.807, 2.05) is 38.1 Å². The molecule has 1 aliphatic heterocycles. The number of benzene rings is 2. The average Bonchev–Trinajstić information content (AvgIpc) is 2.64. The van der Waals surface area contributed by atoms with E-state index in [1.54, 1.807) is 18.2 Å². The summed E-state index contributed by atoms with van der Waals surface area (Å²) in [7, 11) is -3.52. The topological polar surface area (TPSA) is 54.5 Å². The molecule has 1 fully saturated rings. The summed E-state index contributed by atoms with van der Waals surface area (Å²) in [6.07, 6.45) is 1.11. The highest BCUT2D eigenvalue weighted by Crippen LogP contribution is 2.28. The van der Waals surface area contributed by atoms with Gasteiger partial charge in [0.15, 0.2) is 5.78 Å². The van der Waals surface area contributed by atoms with Gasteiger partial charge in [0.25, 0.3) is 0 Å². The third-order valence-electron chi connectivity index (χ3n) is 4.93. The van der Waals surface area contributed by atoms with Crippen molar-refractivity contribution in [2.24, 2.45) is 5.92 Å². The maximum absolute atomic E-state index is 12.9. The van der Waals surface area contributed by atoms with Crippen LogP contribution in [0.15, 0.2) is 51.8 Å². The first-order valence-corrected chi connectivity index (χ1v) is 10.9. The Labute approximate surface area is 163 Å². The van der Waals surface area contributed by atoms with E-state index in [4.69, 9.17) is 0 Å². The van der Waals surface area contributed by atoms with E-state index < -0.39 is 10.0 Å². The second-order valence-electron chi connectivity index (χ2n) is 6.82. The third kappa shape index (κ3) is 3.92. The lowest BCUT2D eigenvalue weighted by Gasteiger charge is -2.30. The van der Waals surface area contributed by atoms with Crippen molar-refractivity contribution in [3.8, 4) is 0 Å². The quantitative estimate of drug-likeness (QED) is 0.670. The van der Waals surface area contributed by atoms with Gasteiger partial charge in [0, 0.05) is 29.0 Å². The Hall–Kier alpha value is -1.50. The van der Waals surface area contributed by atoms with Crippen molar-refractivity contribution in [2.45, 2.75) is 31.6 Å². The maximum atomic E-state index is 12.9. The van der Waals surface area contributed by atoms with Gasteiger partial charge in [-0.2, -0.15) is 4.31 Å². The van der Waals surface area contributed by atoms with Crippen LogP contribution in [0.1, 0.15) is 34.3 Å². The number of Topliss-reactive ketones (excluding diaryl/α,β-unsaturated/α-hetero) is 1. The summed E-state index contributed by atoms with van der Waals surface area (Å²) in [6.45, 7) is 4.61. The van der Waals surface area contributed by atoms with Crippen LogP contribution in [0.25, 0.3) is 0 Å². The number of carbonyl (C=O) groups is 1. The molecular weight excluding hydrogens is 414 g/mol. The SMILES string of the molecule is Cc1ccc(C(=O)C2CCN(S(=O)(=O)c3ccc(Br)c(C)c3)CC2)cc1. The summed E-state index contributed by atoms with van der Waals surface area (Å²) < 4.78 is 28.1. The molecule has 26 heavy (non-hydrogen) atoms. The Morgan fingerprint density at radius 3 is 2.23 bits per heavy atom. The van der Waals surface area contributed by atoms with Gasteiger partial charge in [-0.3, -0.25) is 4.79 Å². The lowest BCUT2D eigenvalue weighted by Crippen LogP contribution is -2.40. The van der Waals surface area contributed by atoms with Gasteiger partial charge in [-0.05, 0) is 50.5 Å². The Bertz CT molecular complexity index is 915. The van der Waals surface area contributed by atoms with Crippen molar-refractivity contribution in [3.63, 3.8) is 0 Å². The van der Waals surface area contributed by atoms with E-state index in [1.165, 1.54) is 4.31 Å². The highest BCUT2D eigenvalue weighted by atomic mass is 79.9. The van der Waals surface area contributed by atoms with Crippen LogP contribution in [0.4, 0.5) is 0 Å². The number of carbonyl (C=O) groups excluding carboxylic acids is 1. The predicted octanol–water partition coefficient (Wildman–Crippen LogP) is 4.35.